The molecule has 2 fully saturated rings. The highest BCUT2D eigenvalue weighted by molar-refractivity contribution is 5.99. The van der Waals surface area contributed by atoms with Gasteiger partial charge < -0.3 is 20.2 Å². The molecule has 2 unspecified atom stereocenters. The third-order valence-corrected chi connectivity index (χ3v) is 8.11. The van der Waals surface area contributed by atoms with Crippen molar-refractivity contribution < 1.29 is 14.3 Å². The quantitative estimate of drug-likeness (QED) is 0.420. The van der Waals surface area contributed by atoms with Gasteiger partial charge in [-0.3, -0.25) is 14.3 Å². The average molecular weight is 500 g/mol. The molecule has 10 nitrogen and oxygen atoms in total. The predicted octanol–water partition coefficient (Wildman–Crippen LogP) is 2.97. The molecule has 0 saturated heterocycles. The number of imidazole rings is 1. The van der Waals surface area contributed by atoms with Crippen molar-refractivity contribution in [2.45, 2.75) is 51.7 Å². The smallest absolute Gasteiger partial charge is 0.272 e. The highest BCUT2D eigenvalue weighted by Crippen LogP contribution is 2.57. The highest BCUT2D eigenvalue weighted by Gasteiger charge is 2.59. The number of carbonyl (C=O) groups is 2. The molecule has 2 aliphatic carbocycles. The second-order valence-electron chi connectivity index (χ2n) is 10.2. The molecule has 3 N–H and O–H groups in total. The fraction of sp³-hybridized carbons (Fsp3) is 0.370. The Labute approximate surface area is 213 Å². The van der Waals surface area contributed by atoms with E-state index in [4.69, 9.17) is 10.5 Å². The molecule has 4 heterocycles. The molecule has 6 rings (SSSR count). The number of carbonyl (C=O) groups excluding carboxylic acids is 2. The lowest BCUT2D eigenvalue weighted by atomic mass is 9.52. The summed E-state index contributed by atoms with van der Waals surface area (Å²) in [6, 6.07) is 6.95. The lowest BCUT2D eigenvalue weighted by Crippen LogP contribution is -2.67. The molecule has 4 aromatic heterocycles. The third-order valence-electron chi connectivity index (χ3n) is 8.11. The van der Waals surface area contributed by atoms with E-state index in [2.05, 4.69) is 20.4 Å². The van der Waals surface area contributed by atoms with Crippen LogP contribution in [-0.4, -0.2) is 48.1 Å². The van der Waals surface area contributed by atoms with Gasteiger partial charge in [0.05, 0.1) is 17.8 Å². The summed E-state index contributed by atoms with van der Waals surface area (Å²) in [4.78, 5) is 34.2. The Morgan fingerprint density at radius 2 is 2.03 bits per heavy atom. The Balaban J connectivity index is 1.26. The molecular formula is C27H29N7O3. The van der Waals surface area contributed by atoms with Gasteiger partial charge in [-0.2, -0.15) is 5.10 Å². The number of ether oxygens (including phenoxy) is 1. The molecule has 0 aliphatic heterocycles. The predicted molar refractivity (Wildman–Crippen MR) is 136 cm³/mol. The van der Waals surface area contributed by atoms with E-state index >= 15 is 0 Å². The summed E-state index contributed by atoms with van der Waals surface area (Å²) < 4.78 is 10.0. The number of nitrogens with one attached hydrogen (secondary N) is 1. The van der Waals surface area contributed by atoms with Crippen LogP contribution in [0.15, 0.2) is 42.9 Å². The monoisotopic (exact) mass is 499 g/mol. The van der Waals surface area contributed by atoms with Crippen LogP contribution in [0.5, 0.6) is 5.88 Å². The minimum absolute atomic E-state index is 0.00690. The van der Waals surface area contributed by atoms with Gasteiger partial charge in [-0.05, 0) is 51.3 Å². The van der Waals surface area contributed by atoms with Crippen LogP contribution in [0, 0.1) is 19.3 Å². The number of primary amides is 1. The minimum atomic E-state index is -0.591. The van der Waals surface area contributed by atoms with Crippen molar-refractivity contribution in [3.8, 4) is 17.0 Å². The molecule has 0 bridgehead atoms. The minimum Gasteiger partial charge on any atom is -0.471 e. The second kappa shape index (κ2) is 8.43. The first-order chi connectivity index (χ1) is 17.8. The first kappa shape index (κ1) is 23.2. The summed E-state index contributed by atoms with van der Waals surface area (Å²) in [6.45, 7) is 3.91. The van der Waals surface area contributed by atoms with E-state index in [1.807, 2.05) is 54.5 Å². The van der Waals surface area contributed by atoms with Gasteiger partial charge in [-0.15, -0.1) is 0 Å². The first-order valence-corrected chi connectivity index (χ1v) is 12.5. The second-order valence-corrected chi connectivity index (χ2v) is 10.2. The maximum Gasteiger partial charge on any atom is 0.272 e. The fourth-order valence-electron chi connectivity index (χ4n) is 5.75. The van der Waals surface area contributed by atoms with Crippen LogP contribution in [0.3, 0.4) is 0 Å². The van der Waals surface area contributed by atoms with Crippen molar-refractivity contribution in [2.75, 3.05) is 0 Å². The molecule has 10 heteroatoms. The zero-order valence-corrected chi connectivity index (χ0v) is 21.1. The van der Waals surface area contributed by atoms with Crippen LogP contribution in [0.1, 0.15) is 58.0 Å². The van der Waals surface area contributed by atoms with Gasteiger partial charge in [0.2, 0.25) is 5.88 Å². The van der Waals surface area contributed by atoms with Crippen molar-refractivity contribution in [3.05, 3.63) is 65.6 Å². The number of rotatable bonds is 6. The molecule has 2 amide bonds. The number of hydrogen-bond donors (Lipinski definition) is 2. The van der Waals surface area contributed by atoms with Crippen LogP contribution >= 0.6 is 0 Å². The summed E-state index contributed by atoms with van der Waals surface area (Å²) in [5.41, 5.74) is 9.96. The number of pyridine rings is 2. The third kappa shape index (κ3) is 3.66. The highest BCUT2D eigenvalue weighted by atomic mass is 16.5. The molecule has 2 saturated carbocycles. The Hall–Kier alpha value is -4.21. The van der Waals surface area contributed by atoms with Crippen molar-refractivity contribution >= 4 is 17.3 Å². The van der Waals surface area contributed by atoms with Gasteiger partial charge >= 0.3 is 0 Å². The fourth-order valence-corrected chi connectivity index (χ4v) is 5.75. The maximum atomic E-state index is 13.4. The largest absolute Gasteiger partial charge is 0.471 e. The summed E-state index contributed by atoms with van der Waals surface area (Å²) >= 11 is 0. The number of amides is 2. The Kier molecular flexibility index (Phi) is 5.29. The van der Waals surface area contributed by atoms with Crippen LogP contribution in [0.4, 0.5) is 0 Å². The van der Waals surface area contributed by atoms with E-state index in [9.17, 15) is 9.59 Å². The molecule has 0 radical (unpaired) electrons. The standard InChI is InChI=1S/C27H29N7O3/c1-15-19(13-30-33(15)3)17-7-8-21-22(31-16(2)34(21)14-17)25(36)32-20-12-27(9-5-10-27)23(20)37-26-18(24(28)35)6-4-11-29-26/h4,6-8,11,13-14,20,23H,5,9-10,12H2,1-3H3,(H2,28,35)(H,32,36). The number of nitrogens with zero attached hydrogens (tertiary/aromatic N) is 5. The molecule has 190 valence electrons. The van der Waals surface area contributed by atoms with E-state index in [0.717, 1.165) is 53.8 Å². The van der Waals surface area contributed by atoms with Crippen LogP contribution < -0.4 is 15.8 Å². The zero-order valence-electron chi connectivity index (χ0n) is 21.1. The molecule has 1 spiro atoms. The van der Waals surface area contributed by atoms with Crippen molar-refractivity contribution in [2.24, 2.45) is 18.2 Å². The normalized spacial score (nSPS) is 19.9. The maximum absolute atomic E-state index is 13.4. The average Bonchev–Trinajstić information content (AvgIpc) is 3.37. The van der Waals surface area contributed by atoms with Crippen LogP contribution in [0.2, 0.25) is 0 Å². The Morgan fingerprint density at radius 1 is 1.22 bits per heavy atom. The Morgan fingerprint density at radius 3 is 2.70 bits per heavy atom. The molecule has 2 atom stereocenters. The van der Waals surface area contributed by atoms with Gasteiger partial charge in [-0.25, -0.2) is 9.97 Å². The van der Waals surface area contributed by atoms with Gasteiger partial charge in [-0.1, -0.05) is 12.5 Å². The van der Waals surface area contributed by atoms with E-state index in [1.54, 1.807) is 18.3 Å². The first-order valence-electron chi connectivity index (χ1n) is 12.5. The van der Waals surface area contributed by atoms with Crippen molar-refractivity contribution in [1.82, 2.24) is 29.5 Å². The number of fused-ring (bicyclic) bond motifs is 1. The van der Waals surface area contributed by atoms with Gasteiger partial charge in [0, 0.05) is 41.7 Å². The van der Waals surface area contributed by atoms with E-state index in [0.29, 0.717) is 5.69 Å². The number of aromatic nitrogens is 5. The SMILES string of the molecule is Cc1c(-c2ccc3c(C(=O)NC4CC5(CCC5)C4Oc4ncccc4C(N)=O)nc(C)n3c2)cnn1C. The lowest BCUT2D eigenvalue weighted by molar-refractivity contribution is -0.125. The van der Waals surface area contributed by atoms with E-state index in [-0.39, 0.29) is 34.9 Å². The zero-order chi connectivity index (χ0) is 25.9. The van der Waals surface area contributed by atoms with E-state index in [1.165, 1.54) is 0 Å². The van der Waals surface area contributed by atoms with Gasteiger partial charge in [0.1, 0.15) is 17.5 Å². The number of aryl methyl sites for hydroxylation is 2. The Bertz CT molecular complexity index is 1550. The molecule has 0 aromatic carbocycles. The molecule has 37 heavy (non-hydrogen) atoms. The van der Waals surface area contributed by atoms with Gasteiger partial charge in [0.15, 0.2) is 5.69 Å². The summed E-state index contributed by atoms with van der Waals surface area (Å²) in [5, 5.41) is 7.48. The van der Waals surface area contributed by atoms with Gasteiger partial charge in [0.25, 0.3) is 11.8 Å². The molecule has 4 aromatic rings. The summed E-state index contributed by atoms with van der Waals surface area (Å²) in [6.07, 6.45) is 9.10. The van der Waals surface area contributed by atoms with E-state index < -0.39 is 5.91 Å². The van der Waals surface area contributed by atoms with Crippen LogP contribution in [-0.2, 0) is 7.05 Å². The topological polar surface area (TPSA) is 129 Å². The van der Waals surface area contributed by atoms with Crippen molar-refractivity contribution in [1.29, 1.82) is 0 Å². The lowest BCUT2D eigenvalue weighted by Gasteiger charge is -2.59. The summed E-state index contributed by atoms with van der Waals surface area (Å²) in [5.74, 6) is 0.0954. The van der Waals surface area contributed by atoms with Crippen molar-refractivity contribution in [3.63, 3.8) is 0 Å². The van der Waals surface area contributed by atoms with Crippen LogP contribution in [0.25, 0.3) is 16.6 Å². The number of nitrogens with two attached hydrogens (primary N) is 1. The summed E-state index contributed by atoms with van der Waals surface area (Å²) in [7, 11) is 1.91. The molecular weight excluding hydrogens is 470 g/mol. The number of hydrogen-bond acceptors (Lipinski definition) is 6. The molecule has 2 aliphatic rings.